The lowest BCUT2D eigenvalue weighted by molar-refractivity contribution is 0.157. The van der Waals surface area contributed by atoms with Crippen LogP contribution in [0, 0.1) is 0 Å². The zero-order valence-electron chi connectivity index (χ0n) is 9.12. The molecule has 0 aromatic carbocycles. The number of halogens is 1. The third kappa shape index (κ3) is 2.58. The summed E-state index contributed by atoms with van der Waals surface area (Å²) in [5, 5.41) is 0. The molecule has 2 nitrogen and oxygen atoms in total. The summed E-state index contributed by atoms with van der Waals surface area (Å²) in [5.41, 5.74) is 1.36. The predicted molar refractivity (Wildman–Crippen MR) is 65.8 cm³/mol. The fourth-order valence-corrected chi connectivity index (χ4v) is 2.57. The van der Waals surface area contributed by atoms with E-state index >= 15 is 0 Å². The third-order valence-corrected chi connectivity index (χ3v) is 3.62. The van der Waals surface area contributed by atoms with Crippen LogP contribution < -0.4 is 0 Å². The van der Waals surface area contributed by atoms with Crippen molar-refractivity contribution in [3.05, 3.63) is 28.5 Å². The molecular formula is C12H17BrN2. The van der Waals surface area contributed by atoms with Crippen LogP contribution >= 0.6 is 15.9 Å². The van der Waals surface area contributed by atoms with Crippen molar-refractivity contribution in [2.75, 3.05) is 13.1 Å². The molecule has 1 fully saturated rings. The fraction of sp³-hybridized carbons (Fsp3) is 0.583. The normalized spacial score (nSPS) is 22.9. The van der Waals surface area contributed by atoms with E-state index in [1.165, 1.54) is 31.4 Å². The Bertz CT molecular complexity index is 310. The number of likely N-dealkylation sites (tertiary alicyclic amines) is 1. The van der Waals surface area contributed by atoms with Gasteiger partial charge in [0, 0.05) is 12.2 Å². The number of pyridine rings is 1. The van der Waals surface area contributed by atoms with Crippen LogP contribution in [0.4, 0.5) is 0 Å². The van der Waals surface area contributed by atoms with Gasteiger partial charge in [-0.3, -0.25) is 4.90 Å². The van der Waals surface area contributed by atoms with Crippen molar-refractivity contribution in [1.82, 2.24) is 9.88 Å². The first-order chi connectivity index (χ1) is 7.31. The smallest absolute Gasteiger partial charge is 0.106 e. The Kier molecular flexibility index (Phi) is 3.76. The highest BCUT2D eigenvalue weighted by molar-refractivity contribution is 9.10. The minimum Gasteiger partial charge on any atom is -0.297 e. The highest BCUT2D eigenvalue weighted by Gasteiger charge is 2.22. The number of piperidine rings is 1. The molecule has 1 aliphatic heterocycles. The molecule has 0 radical (unpaired) electrons. The summed E-state index contributed by atoms with van der Waals surface area (Å²) in [5.74, 6) is 0. The Morgan fingerprint density at radius 1 is 1.47 bits per heavy atom. The van der Waals surface area contributed by atoms with Crippen molar-refractivity contribution in [1.29, 1.82) is 0 Å². The maximum absolute atomic E-state index is 4.31. The molecule has 1 aliphatic rings. The van der Waals surface area contributed by atoms with Crippen LogP contribution in [-0.2, 0) is 0 Å². The number of hydrogen-bond donors (Lipinski definition) is 0. The van der Waals surface area contributed by atoms with Crippen LogP contribution in [0.25, 0.3) is 0 Å². The van der Waals surface area contributed by atoms with Crippen LogP contribution in [0.15, 0.2) is 22.9 Å². The Morgan fingerprint density at radius 2 is 2.33 bits per heavy atom. The lowest BCUT2D eigenvalue weighted by Gasteiger charge is -2.34. The largest absolute Gasteiger partial charge is 0.297 e. The molecule has 0 aliphatic carbocycles. The van der Waals surface area contributed by atoms with Gasteiger partial charge in [0.15, 0.2) is 0 Å². The Morgan fingerprint density at radius 3 is 3.00 bits per heavy atom. The summed E-state index contributed by atoms with van der Waals surface area (Å²) < 4.78 is 0.921. The van der Waals surface area contributed by atoms with E-state index in [9.17, 15) is 0 Å². The monoisotopic (exact) mass is 268 g/mol. The van der Waals surface area contributed by atoms with Gasteiger partial charge in [0.05, 0.1) is 0 Å². The van der Waals surface area contributed by atoms with E-state index in [-0.39, 0.29) is 0 Å². The second-order valence-electron chi connectivity index (χ2n) is 4.05. The van der Waals surface area contributed by atoms with Gasteiger partial charge in [0.1, 0.15) is 4.60 Å². The van der Waals surface area contributed by atoms with Gasteiger partial charge < -0.3 is 0 Å². The first-order valence-corrected chi connectivity index (χ1v) is 6.46. The maximum Gasteiger partial charge on any atom is 0.106 e. The molecule has 0 bridgehead atoms. The lowest BCUT2D eigenvalue weighted by atomic mass is 9.96. The molecule has 2 rings (SSSR count). The number of nitrogens with zero attached hydrogens (tertiary/aromatic N) is 2. The quantitative estimate of drug-likeness (QED) is 0.765. The van der Waals surface area contributed by atoms with Crippen LogP contribution in [-0.4, -0.2) is 23.0 Å². The van der Waals surface area contributed by atoms with Crippen molar-refractivity contribution < 1.29 is 0 Å². The molecule has 0 spiro atoms. The molecular weight excluding hydrogens is 252 g/mol. The molecule has 1 atom stereocenters. The highest BCUT2D eigenvalue weighted by Crippen LogP contribution is 2.30. The van der Waals surface area contributed by atoms with Gasteiger partial charge in [-0.15, -0.1) is 0 Å². The predicted octanol–water partition coefficient (Wildman–Crippen LogP) is 3.39. The lowest BCUT2D eigenvalue weighted by Crippen LogP contribution is -2.33. The second-order valence-corrected chi connectivity index (χ2v) is 4.87. The van der Waals surface area contributed by atoms with E-state index in [2.05, 4.69) is 38.8 Å². The minimum absolute atomic E-state index is 0.587. The molecule has 82 valence electrons. The van der Waals surface area contributed by atoms with Gasteiger partial charge in [0.25, 0.3) is 0 Å². The summed E-state index contributed by atoms with van der Waals surface area (Å²) in [6, 6.07) is 4.82. The van der Waals surface area contributed by atoms with Gasteiger partial charge in [-0.25, -0.2) is 4.98 Å². The summed E-state index contributed by atoms with van der Waals surface area (Å²) in [6.45, 7) is 4.61. The number of rotatable bonds is 2. The molecule has 1 aromatic rings. The van der Waals surface area contributed by atoms with Crippen molar-refractivity contribution in [3.63, 3.8) is 0 Å². The fourth-order valence-electron chi connectivity index (χ4n) is 2.33. The molecule has 3 heteroatoms. The molecule has 1 aromatic heterocycles. The Hall–Kier alpha value is -0.410. The zero-order chi connectivity index (χ0) is 10.7. The Balaban J connectivity index is 2.16. The zero-order valence-corrected chi connectivity index (χ0v) is 10.7. The van der Waals surface area contributed by atoms with Crippen LogP contribution in [0.3, 0.4) is 0 Å². The second kappa shape index (κ2) is 5.08. The molecule has 0 saturated carbocycles. The van der Waals surface area contributed by atoms with Gasteiger partial charge in [-0.05, 0) is 53.5 Å². The van der Waals surface area contributed by atoms with Crippen molar-refractivity contribution in [3.8, 4) is 0 Å². The maximum atomic E-state index is 4.31. The van der Waals surface area contributed by atoms with Gasteiger partial charge >= 0.3 is 0 Å². The van der Waals surface area contributed by atoms with E-state index < -0.39 is 0 Å². The van der Waals surface area contributed by atoms with Gasteiger partial charge in [-0.2, -0.15) is 0 Å². The summed E-state index contributed by atoms with van der Waals surface area (Å²) in [4.78, 5) is 6.86. The standard InChI is InChI=1S/C12H17BrN2/c1-2-15-8-4-3-5-11(15)10-6-7-12(13)14-9-10/h6-7,9,11H,2-5,8H2,1H3. The van der Waals surface area contributed by atoms with Gasteiger partial charge in [0.2, 0.25) is 0 Å². The highest BCUT2D eigenvalue weighted by atomic mass is 79.9. The molecule has 1 unspecified atom stereocenters. The van der Waals surface area contributed by atoms with E-state index in [4.69, 9.17) is 0 Å². The molecule has 15 heavy (non-hydrogen) atoms. The first kappa shape index (κ1) is 11.1. The van der Waals surface area contributed by atoms with E-state index in [0.717, 1.165) is 11.1 Å². The molecule has 0 amide bonds. The minimum atomic E-state index is 0.587. The van der Waals surface area contributed by atoms with Crippen LogP contribution in [0.5, 0.6) is 0 Å². The van der Waals surface area contributed by atoms with Crippen molar-refractivity contribution >= 4 is 15.9 Å². The number of hydrogen-bond acceptors (Lipinski definition) is 2. The van der Waals surface area contributed by atoms with E-state index in [1.54, 1.807) is 0 Å². The topological polar surface area (TPSA) is 16.1 Å². The van der Waals surface area contributed by atoms with Crippen molar-refractivity contribution in [2.45, 2.75) is 32.2 Å². The molecule has 2 heterocycles. The van der Waals surface area contributed by atoms with E-state index in [0.29, 0.717) is 6.04 Å². The van der Waals surface area contributed by atoms with Gasteiger partial charge in [-0.1, -0.05) is 19.4 Å². The summed E-state index contributed by atoms with van der Waals surface area (Å²) in [7, 11) is 0. The molecule has 1 saturated heterocycles. The van der Waals surface area contributed by atoms with Crippen molar-refractivity contribution in [2.24, 2.45) is 0 Å². The average Bonchev–Trinajstić information content (AvgIpc) is 2.30. The number of aromatic nitrogens is 1. The average molecular weight is 269 g/mol. The first-order valence-electron chi connectivity index (χ1n) is 5.66. The molecule has 0 N–H and O–H groups in total. The van der Waals surface area contributed by atoms with Crippen LogP contribution in [0.2, 0.25) is 0 Å². The summed E-state index contributed by atoms with van der Waals surface area (Å²) >= 11 is 3.38. The third-order valence-electron chi connectivity index (χ3n) is 3.15. The van der Waals surface area contributed by atoms with Crippen LogP contribution in [0.1, 0.15) is 37.8 Å². The summed E-state index contributed by atoms with van der Waals surface area (Å²) in [6.07, 6.45) is 5.96. The van der Waals surface area contributed by atoms with E-state index in [1.807, 2.05) is 12.3 Å². The SMILES string of the molecule is CCN1CCCCC1c1ccc(Br)nc1. The Labute approximate surface area is 99.8 Å².